The van der Waals surface area contributed by atoms with Crippen LogP contribution in [0.5, 0.6) is 17.2 Å². The van der Waals surface area contributed by atoms with Crippen LogP contribution >= 0.6 is 0 Å². The van der Waals surface area contributed by atoms with E-state index >= 15 is 0 Å². The minimum atomic E-state index is -0.473. The number of amides is 2. The first kappa shape index (κ1) is 23.9. The molecule has 1 fully saturated rings. The zero-order valence-corrected chi connectivity index (χ0v) is 20.3. The van der Waals surface area contributed by atoms with Crippen LogP contribution in [-0.2, 0) is 11.3 Å². The van der Waals surface area contributed by atoms with E-state index in [9.17, 15) is 9.59 Å². The van der Waals surface area contributed by atoms with Gasteiger partial charge in [0.2, 0.25) is 11.7 Å². The van der Waals surface area contributed by atoms with Crippen molar-refractivity contribution in [2.45, 2.75) is 63.6 Å². The molecule has 2 aromatic carbocycles. The number of carbonyl (C=O) groups excluding carboxylic acids is 2. The summed E-state index contributed by atoms with van der Waals surface area (Å²) in [7, 11) is 4.68. The molecule has 1 aliphatic heterocycles. The first-order valence-electron chi connectivity index (χ1n) is 12.0. The van der Waals surface area contributed by atoms with Crippen LogP contribution in [-0.4, -0.2) is 44.1 Å². The van der Waals surface area contributed by atoms with E-state index in [4.69, 9.17) is 14.2 Å². The van der Waals surface area contributed by atoms with Crippen molar-refractivity contribution >= 4 is 11.8 Å². The number of fused-ring (bicyclic) bond motifs is 1. The van der Waals surface area contributed by atoms with Gasteiger partial charge in [0.15, 0.2) is 11.5 Å². The lowest BCUT2D eigenvalue weighted by Gasteiger charge is -2.29. The van der Waals surface area contributed by atoms with Crippen molar-refractivity contribution in [3.05, 3.63) is 53.1 Å². The molecular weight excluding hydrogens is 432 g/mol. The zero-order valence-electron chi connectivity index (χ0n) is 20.3. The Morgan fingerprint density at radius 3 is 2.24 bits per heavy atom. The Morgan fingerprint density at radius 2 is 1.65 bits per heavy atom. The highest BCUT2D eigenvalue weighted by Crippen LogP contribution is 2.43. The molecule has 2 aliphatic rings. The summed E-state index contributed by atoms with van der Waals surface area (Å²) >= 11 is 0. The van der Waals surface area contributed by atoms with E-state index in [1.165, 1.54) is 12.8 Å². The van der Waals surface area contributed by atoms with Gasteiger partial charge in [-0.1, -0.05) is 43.9 Å². The molecule has 1 heterocycles. The number of rotatable bonds is 8. The number of ether oxygens (including phenoxy) is 3. The number of nitrogens with zero attached hydrogens (tertiary/aromatic N) is 1. The predicted molar refractivity (Wildman–Crippen MR) is 129 cm³/mol. The summed E-state index contributed by atoms with van der Waals surface area (Å²) in [5.74, 6) is 1.35. The third kappa shape index (κ3) is 4.98. The van der Waals surface area contributed by atoms with Crippen molar-refractivity contribution in [3.63, 3.8) is 0 Å². The van der Waals surface area contributed by atoms with Crippen molar-refractivity contribution in [1.82, 2.24) is 10.2 Å². The van der Waals surface area contributed by atoms with Crippen LogP contribution in [0.1, 0.15) is 72.5 Å². The van der Waals surface area contributed by atoms with Gasteiger partial charge in [0, 0.05) is 18.2 Å². The number of hydrogen-bond donors (Lipinski definition) is 1. The van der Waals surface area contributed by atoms with Crippen molar-refractivity contribution in [3.8, 4) is 17.2 Å². The molecule has 0 radical (unpaired) electrons. The average Bonchev–Trinajstić information content (AvgIpc) is 3.00. The van der Waals surface area contributed by atoms with Crippen LogP contribution in [0.4, 0.5) is 0 Å². The predicted octanol–water partition coefficient (Wildman–Crippen LogP) is 4.64. The Kier molecular flexibility index (Phi) is 7.60. The molecule has 1 aliphatic carbocycles. The maximum Gasteiger partial charge on any atom is 0.255 e. The Bertz CT molecular complexity index is 1000. The number of carbonyl (C=O) groups is 2. The third-order valence-corrected chi connectivity index (χ3v) is 6.90. The van der Waals surface area contributed by atoms with Gasteiger partial charge in [0.05, 0.1) is 33.8 Å². The number of benzene rings is 2. The molecule has 4 rings (SSSR count). The van der Waals surface area contributed by atoms with Gasteiger partial charge in [-0.3, -0.25) is 9.59 Å². The second-order valence-electron chi connectivity index (χ2n) is 9.02. The van der Waals surface area contributed by atoms with Gasteiger partial charge in [-0.2, -0.15) is 0 Å². The van der Waals surface area contributed by atoms with Crippen molar-refractivity contribution < 1.29 is 23.8 Å². The number of methoxy groups -OCH3 is 3. The molecule has 2 aromatic rings. The zero-order chi connectivity index (χ0) is 24.1. The van der Waals surface area contributed by atoms with E-state index in [-0.39, 0.29) is 24.3 Å². The molecule has 2 amide bonds. The van der Waals surface area contributed by atoms with Gasteiger partial charge in [0.25, 0.3) is 5.91 Å². The van der Waals surface area contributed by atoms with Gasteiger partial charge in [-0.25, -0.2) is 0 Å². The first-order chi connectivity index (χ1) is 16.5. The Morgan fingerprint density at radius 1 is 1.00 bits per heavy atom. The minimum absolute atomic E-state index is 0.0468. The molecule has 0 saturated heterocycles. The number of hydrogen-bond acceptors (Lipinski definition) is 5. The van der Waals surface area contributed by atoms with Crippen LogP contribution in [0.2, 0.25) is 0 Å². The second kappa shape index (κ2) is 10.8. The monoisotopic (exact) mass is 466 g/mol. The first-order valence-corrected chi connectivity index (χ1v) is 12.0. The molecule has 34 heavy (non-hydrogen) atoms. The highest BCUT2D eigenvalue weighted by atomic mass is 16.5. The quantitative estimate of drug-likeness (QED) is 0.574. The average molecular weight is 467 g/mol. The fourth-order valence-electron chi connectivity index (χ4n) is 5.12. The summed E-state index contributed by atoms with van der Waals surface area (Å²) < 4.78 is 16.6. The molecular formula is C27H34N2O5. The molecule has 0 bridgehead atoms. The molecule has 1 saturated carbocycles. The summed E-state index contributed by atoms with van der Waals surface area (Å²) in [6.45, 7) is 0.451. The van der Waals surface area contributed by atoms with Crippen LogP contribution in [0.25, 0.3) is 0 Å². The molecule has 1 atom stereocenters. The standard InChI is InChI=1S/C27H34N2O5/c1-32-23-14-19(15-24(33-2)26(23)34-3)22(16-25(30)28-20-11-6-4-5-7-12-20)29-17-18-10-8-9-13-21(18)27(29)31/h8-10,13-15,20,22H,4-7,11-12,16-17H2,1-3H3,(H,28,30)/t22-/m0/s1. The Labute approximate surface area is 201 Å². The lowest BCUT2D eigenvalue weighted by molar-refractivity contribution is -0.123. The molecule has 7 nitrogen and oxygen atoms in total. The van der Waals surface area contributed by atoms with Crippen LogP contribution < -0.4 is 19.5 Å². The smallest absolute Gasteiger partial charge is 0.255 e. The fourth-order valence-corrected chi connectivity index (χ4v) is 5.12. The number of nitrogens with one attached hydrogen (secondary N) is 1. The lowest BCUT2D eigenvalue weighted by atomic mass is 9.99. The van der Waals surface area contributed by atoms with Gasteiger partial charge >= 0.3 is 0 Å². The van der Waals surface area contributed by atoms with E-state index in [0.29, 0.717) is 29.4 Å². The van der Waals surface area contributed by atoms with E-state index in [2.05, 4.69) is 5.32 Å². The largest absolute Gasteiger partial charge is 0.493 e. The van der Waals surface area contributed by atoms with Crippen molar-refractivity contribution in [2.75, 3.05) is 21.3 Å². The van der Waals surface area contributed by atoms with E-state index in [1.54, 1.807) is 26.2 Å². The van der Waals surface area contributed by atoms with E-state index < -0.39 is 6.04 Å². The molecule has 1 N–H and O–H groups in total. The molecule has 0 spiro atoms. The summed E-state index contributed by atoms with van der Waals surface area (Å²) in [5, 5.41) is 3.23. The molecule has 182 valence electrons. The highest BCUT2D eigenvalue weighted by Gasteiger charge is 2.35. The topological polar surface area (TPSA) is 77.1 Å². The SMILES string of the molecule is COc1cc([C@H](CC(=O)NC2CCCCCC2)N2Cc3ccccc3C2=O)cc(OC)c1OC. The summed E-state index contributed by atoms with van der Waals surface area (Å²) in [5.41, 5.74) is 2.42. The molecule has 0 aromatic heterocycles. The fraction of sp³-hybridized carbons (Fsp3) is 0.481. The maximum absolute atomic E-state index is 13.4. The second-order valence-corrected chi connectivity index (χ2v) is 9.02. The highest BCUT2D eigenvalue weighted by molar-refractivity contribution is 5.99. The van der Waals surface area contributed by atoms with Gasteiger partial charge in [-0.05, 0) is 42.2 Å². The minimum Gasteiger partial charge on any atom is -0.493 e. The van der Waals surface area contributed by atoms with Crippen LogP contribution in [0, 0.1) is 0 Å². The lowest BCUT2D eigenvalue weighted by Crippen LogP contribution is -2.38. The van der Waals surface area contributed by atoms with Crippen LogP contribution in [0.15, 0.2) is 36.4 Å². The van der Waals surface area contributed by atoms with Crippen LogP contribution in [0.3, 0.4) is 0 Å². The summed E-state index contributed by atoms with van der Waals surface area (Å²) in [6.07, 6.45) is 6.91. The van der Waals surface area contributed by atoms with Gasteiger partial charge < -0.3 is 24.4 Å². The van der Waals surface area contributed by atoms with E-state index in [0.717, 1.165) is 36.8 Å². The van der Waals surface area contributed by atoms with Gasteiger partial charge in [0.1, 0.15) is 0 Å². The maximum atomic E-state index is 13.4. The third-order valence-electron chi connectivity index (χ3n) is 6.90. The Balaban J connectivity index is 1.66. The summed E-state index contributed by atoms with van der Waals surface area (Å²) in [6, 6.07) is 11.0. The van der Waals surface area contributed by atoms with Gasteiger partial charge in [-0.15, -0.1) is 0 Å². The van der Waals surface area contributed by atoms with Crippen molar-refractivity contribution in [2.24, 2.45) is 0 Å². The van der Waals surface area contributed by atoms with Crippen molar-refractivity contribution in [1.29, 1.82) is 0 Å². The van der Waals surface area contributed by atoms with E-state index in [1.807, 2.05) is 36.4 Å². The summed E-state index contributed by atoms with van der Waals surface area (Å²) in [4.78, 5) is 28.4. The Hall–Kier alpha value is -3.22. The molecule has 0 unspecified atom stereocenters. The normalized spacial score (nSPS) is 17.0. The molecule has 7 heteroatoms.